The summed E-state index contributed by atoms with van der Waals surface area (Å²) in [7, 11) is 1.61. The highest BCUT2D eigenvalue weighted by molar-refractivity contribution is 6.11. The van der Waals surface area contributed by atoms with E-state index in [0.717, 1.165) is 31.6 Å². The van der Waals surface area contributed by atoms with Crippen LogP contribution in [-0.4, -0.2) is 38.4 Å². The van der Waals surface area contributed by atoms with Gasteiger partial charge in [0.05, 0.1) is 13.4 Å². The zero-order chi connectivity index (χ0) is 19.3. The van der Waals surface area contributed by atoms with E-state index in [2.05, 4.69) is 38.1 Å². The fourth-order valence-electron chi connectivity index (χ4n) is 3.41. The lowest BCUT2D eigenvalue weighted by Gasteiger charge is -2.25. The summed E-state index contributed by atoms with van der Waals surface area (Å²) in [4.78, 5) is 21.0. The average Bonchev–Trinajstić information content (AvgIpc) is 2.96. The van der Waals surface area contributed by atoms with E-state index in [1.54, 1.807) is 13.2 Å². The van der Waals surface area contributed by atoms with E-state index in [1.807, 2.05) is 12.1 Å². The van der Waals surface area contributed by atoms with E-state index in [1.165, 1.54) is 18.1 Å². The minimum atomic E-state index is -0.395. The van der Waals surface area contributed by atoms with Gasteiger partial charge in [-0.05, 0) is 36.5 Å². The number of fused-ring (bicyclic) bond motifs is 1. The molecule has 142 valence electrons. The number of nitrogens with one attached hydrogen (secondary N) is 2. The minimum Gasteiger partial charge on any atom is -0.494 e. The molecule has 1 aromatic carbocycles. The van der Waals surface area contributed by atoms with Crippen LogP contribution in [0.15, 0.2) is 51.6 Å². The van der Waals surface area contributed by atoms with Crippen LogP contribution in [-0.2, 0) is 9.53 Å². The standard InChI is InChI=1S/C21H20N4O3/c1-27-18-6-5-15(14-8-11-28-12-9-14)16-3-2-4-19(24-20(16)18)25-21(26)17-7-10-22-13-23-17/h3-6,10,13-14H,8-9,11-12H2,1H3,(H,22,23)(H,24,25,26). The molecule has 1 aromatic rings. The second kappa shape index (κ2) is 8.11. The lowest BCUT2D eigenvalue weighted by atomic mass is 9.87. The summed E-state index contributed by atoms with van der Waals surface area (Å²) < 4.78 is 11.0. The highest BCUT2D eigenvalue weighted by Gasteiger charge is 2.23. The molecule has 0 unspecified atom stereocenters. The van der Waals surface area contributed by atoms with Gasteiger partial charge < -0.3 is 20.1 Å². The number of carbonyl (C=O) groups excluding carboxylic acids is 1. The highest BCUT2D eigenvalue weighted by Crippen LogP contribution is 2.40. The second-order valence-electron chi connectivity index (χ2n) is 6.47. The van der Waals surface area contributed by atoms with Crippen molar-refractivity contribution in [2.24, 2.45) is 9.98 Å². The normalized spacial score (nSPS) is 17.9. The number of amidine groups is 1. The van der Waals surface area contributed by atoms with Gasteiger partial charge in [-0.2, -0.15) is 0 Å². The number of amides is 1. The minimum absolute atomic E-state index is 0.172. The maximum Gasteiger partial charge on any atom is 0.283 e. The zero-order valence-corrected chi connectivity index (χ0v) is 15.5. The van der Waals surface area contributed by atoms with Gasteiger partial charge >= 0.3 is 0 Å². The molecule has 2 N–H and O–H groups in total. The Labute approximate surface area is 162 Å². The summed E-state index contributed by atoms with van der Waals surface area (Å²) in [5.74, 6) is 1.02. The summed E-state index contributed by atoms with van der Waals surface area (Å²) in [5.41, 5.74) is 8.89. The monoisotopic (exact) mass is 376 g/mol. The molecule has 7 nitrogen and oxygen atoms in total. The number of methoxy groups -OCH3 is 1. The van der Waals surface area contributed by atoms with Crippen LogP contribution in [0.25, 0.3) is 6.08 Å². The molecule has 1 saturated heterocycles. The molecule has 3 heterocycles. The molecule has 0 bridgehead atoms. The van der Waals surface area contributed by atoms with Gasteiger partial charge in [-0.25, -0.2) is 9.98 Å². The van der Waals surface area contributed by atoms with E-state index in [-0.39, 0.29) is 5.70 Å². The van der Waals surface area contributed by atoms with Crippen molar-refractivity contribution in [3.05, 3.63) is 52.7 Å². The largest absolute Gasteiger partial charge is 0.494 e. The third-order valence-corrected chi connectivity index (χ3v) is 4.79. The fraction of sp³-hybridized carbons (Fsp3) is 0.286. The van der Waals surface area contributed by atoms with Crippen molar-refractivity contribution in [2.45, 2.75) is 18.8 Å². The van der Waals surface area contributed by atoms with Gasteiger partial charge in [-0.1, -0.05) is 11.8 Å². The topological polar surface area (TPSA) is 84.3 Å². The van der Waals surface area contributed by atoms with Crippen molar-refractivity contribution in [3.8, 4) is 5.75 Å². The maximum absolute atomic E-state index is 12.4. The molecule has 0 atom stereocenters. The van der Waals surface area contributed by atoms with E-state index < -0.39 is 5.91 Å². The number of rotatable bonds is 3. The number of aliphatic imine (C=N–C) groups is 2. The van der Waals surface area contributed by atoms with Crippen LogP contribution in [0.2, 0.25) is 0 Å². The predicted molar refractivity (Wildman–Crippen MR) is 107 cm³/mol. The number of hydrogen-bond acceptors (Lipinski definition) is 6. The molecule has 0 aromatic heterocycles. The molecule has 28 heavy (non-hydrogen) atoms. The zero-order valence-electron chi connectivity index (χ0n) is 15.5. The van der Waals surface area contributed by atoms with Gasteiger partial charge in [0.1, 0.15) is 17.3 Å². The SMILES string of the molecule is COc1ccc(C2CCOCC2)c2c1N=C(NC(=O)C1=C=CNC=N1)C=C=C2. The number of nitrogens with zero attached hydrogens (tertiary/aromatic N) is 2. The lowest BCUT2D eigenvalue weighted by molar-refractivity contribution is -0.116. The Balaban J connectivity index is 1.70. The first kappa shape index (κ1) is 18.0. The fourth-order valence-corrected chi connectivity index (χ4v) is 3.41. The van der Waals surface area contributed by atoms with Gasteiger partial charge in [-0.3, -0.25) is 4.79 Å². The smallest absolute Gasteiger partial charge is 0.283 e. The third-order valence-electron chi connectivity index (χ3n) is 4.79. The second-order valence-corrected chi connectivity index (χ2v) is 6.47. The summed E-state index contributed by atoms with van der Waals surface area (Å²) in [6.45, 7) is 1.52. The van der Waals surface area contributed by atoms with Gasteiger partial charge in [0.15, 0.2) is 5.70 Å². The van der Waals surface area contributed by atoms with E-state index in [9.17, 15) is 4.79 Å². The van der Waals surface area contributed by atoms with E-state index in [4.69, 9.17) is 9.47 Å². The summed E-state index contributed by atoms with van der Waals surface area (Å²) >= 11 is 0. The summed E-state index contributed by atoms with van der Waals surface area (Å²) in [6.07, 6.45) is 8.42. The molecule has 0 saturated carbocycles. The molecule has 3 aliphatic rings. The van der Waals surface area contributed by atoms with Crippen LogP contribution in [0.5, 0.6) is 5.75 Å². The Kier molecular flexibility index (Phi) is 5.22. The Hall–Kier alpha value is -3.37. The number of benzene rings is 1. The highest BCUT2D eigenvalue weighted by atomic mass is 16.5. The van der Waals surface area contributed by atoms with E-state index in [0.29, 0.717) is 23.2 Å². The molecule has 4 rings (SSSR count). The molecule has 1 fully saturated rings. The lowest BCUT2D eigenvalue weighted by Crippen LogP contribution is -2.30. The van der Waals surface area contributed by atoms with Gasteiger partial charge in [0.25, 0.3) is 5.91 Å². The third kappa shape index (κ3) is 3.68. The van der Waals surface area contributed by atoms with Crippen molar-refractivity contribution in [3.63, 3.8) is 0 Å². The van der Waals surface area contributed by atoms with Crippen LogP contribution < -0.4 is 15.4 Å². The molecule has 7 heteroatoms. The van der Waals surface area contributed by atoms with Crippen molar-refractivity contribution in [1.82, 2.24) is 10.6 Å². The van der Waals surface area contributed by atoms with Crippen molar-refractivity contribution >= 4 is 29.8 Å². The van der Waals surface area contributed by atoms with Crippen molar-refractivity contribution in [1.29, 1.82) is 0 Å². The Morgan fingerprint density at radius 2 is 2.18 bits per heavy atom. The average molecular weight is 376 g/mol. The molecule has 0 radical (unpaired) electrons. The first-order chi connectivity index (χ1) is 13.8. The molecule has 0 aliphatic carbocycles. The molecular weight excluding hydrogens is 356 g/mol. The predicted octanol–water partition coefficient (Wildman–Crippen LogP) is 2.55. The first-order valence-electron chi connectivity index (χ1n) is 9.11. The number of carbonyl (C=O) groups is 1. The van der Waals surface area contributed by atoms with Gasteiger partial charge in [-0.15, -0.1) is 5.73 Å². The molecule has 1 amide bonds. The quantitative estimate of drug-likeness (QED) is 0.794. The number of hydrogen-bond donors (Lipinski definition) is 2. The van der Waals surface area contributed by atoms with Crippen LogP contribution in [0.4, 0.5) is 5.69 Å². The van der Waals surface area contributed by atoms with Gasteiger partial charge in [0, 0.05) is 31.1 Å². The molecule has 3 aliphatic heterocycles. The number of ether oxygens (including phenoxy) is 2. The Morgan fingerprint density at radius 3 is 2.93 bits per heavy atom. The Morgan fingerprint density at radius 1 is 1.32 bits per heavy atom. The Bertz CT molecular complexity index is 987. The van der Waals surface area contributed by atoms with Crippen LogP contribution >= 0.6 is 0 Å². The molecule has 0 spiro atoms. The first-order valence-corrected chi connectivity index (χ1v) is 9.11. The van der Waals surface area contributed by atoms with Crippen molar-refractivity contribution < 1.29 is 14.3 Å². The summed E-state index contributed by atoms with van der Waals surface area (Å²) in [6, 6.07) is 4.01. The summed E-state index contributed by atoms with van der Waals surface area (Å²) in [5, 5.41) is 5.50. The van der Waals surface area contributed by atoms with Crippen molar-refractivity contribution in [2.75, 3.05) is 20.3 Å². The maximum atomic E-state index is 12.4. The van der Waals surface area contributed by atoms with Crippen LogP contribution in [0.1, 0.15) is 29.9 Å². The molecular formula is C21H20N4O3. The van der Waals surface area contributed by atoms with Crippen LogP contribution in [0.3, 0.4) is 0 Å². The van der Waals surface area contributed by atoms with E-state index >= 15 is 0 Å². The van der Waals surface area contributed by atoms with Crippen LogP contribution in [0, 0.1) is 0 Å². The van der Waals surface area contributed by atoms with Gasteiger partial charge in [0.2, 0.25) is 0 Å².